The van der Waals surface area contributed by atoms with Crippen LogP contribution in [-0.2, 0) is 13.0 Å². The van der Waals surface area contributed by atoms with Crippen LogP contribution in [0.1, 0.15) is 21.6 Å². The van der Waals surface area contributed by atoms with Gasteiger partial charge in [0.1, 0.15) is 17.3 Å². The molecule has 0 aliphatic carbocycles. The molecule has 0 atom stereocenters. The fourth-order valence-corrected chi connectivity index (χ4v) is 2.57. The highest BCUT2D eigenvalue weighted by molar-refractivity contribution is 5.92. The maximum Gasteiger partial charge on any atom is 0.269 e. The van der Waals surface area contributed by atoms with Crippen molar-refractivity contribution in [2.45, 2.75) is 13.0 Å². The van der Waals surface area contributed by atoms with Gasteiger partial charge in [0.25, 0.3) is 5.91 Å². The van der Waals surface area contributed by atoms with Crippen LogP contribution in [0.4, 0.5) is 14.5 Å². The molecule has 27 heavy (non-hydrogen) atoms. The van der Waals surface area contributed by atoms with Crippen LogP contribution in [0, 0.1) is 11.6 Å². The number of rotatable bonds is 7. The Bertz CT molecular complexity index is 913. The van der Waals surface area contributed by atoms with Crippen molar-refractivity contribution in [3.63, 3.8) is 0 Å². The van der Waals surface area contributed by atoms with Gasteiger partial charge in [0.2, 0.25) is 0 Å². The minimum absolute atomic E-state index is 0.264. The van der Waals surface area contributed by atoms with E-state index in [-0.39, 0.29) is 23.2 Å². The normalized spacial score (nSPS) is 10.4. The molecule has 0 radical (unpaired) electrons. The van der Waals surface area contributed by atoms with E-state index >= 15 is 0 Å². The predicted octanol–water partition coefficient (Wildman–Crippen LogP) is 3.94. The molecule has 0 bridgehead atoms. The monoisotopic (exact) mass is 367 g/mol. The fourth-order valence-electron chi connectivity index (χ4n) is 2.57. The maximum absolute atomic E-state index is 13.6. The summed E-state index contributed by atoms with van der Waals surface area (Å²) in [5.74, 6) is -0.883. The van der Waals surface area contributed by atoms with Gasteiger partial charge in [-0.15, -0.1) is 0 Å². The number of aromatic nitrogens is 1. The maximum atomic E-state index is 13.6. The number of nitrogens with zero attached hydrogens (tertiary/aromatic N) is 1. The van der Waals surface area contributed by atoms with E-state index in [4.69, 9.17) is 0 Å². The zero-order valence-electron chi connectivity index (χ0n) is 14.6. The Morgan fingerprint density at radius 2 is 1.56 bits per heavy atom. The Morgan fingerprint density at radius 1 is 0.889 bits per heavy atom. The first-order valence-corrected chi connectivity index (χ1v) is 8.58. The van der Waals surface area contributed by atoms with Crippen LogP contribution in [-0.4, -0.2) is 17.4 Å². The Morgan fingerprint density at radius 3 is 2.19 bits per heavy atom. The quantitative estimate of drug-likeness (QED) is 0.665. The van der Waals surface area contributed by atoms with Gasteiger partial charge in [0.15, 0.2) is 0 Å². The first-order chi connectivity index (χ1) is 13.1. The molecule has 2 N–H and O–H groups in total. The molecular weight excluding hydrogens is 348 g/mol. The number of hydrogen-bond donors (Lipinski definition) is 2. The third kappa shape index (κ3) is 5.10. The van der Waals surface area contributed by atoms with Crippen molar-refractivity contribution in [1.82, 2.24) is 10.3 Å². The summed E-state index contributed by atoms with van der Waals surface area (Å²) in [6.07, 6.45) is 1.92. The molecule has 4 nitrogen and oxygen atoms in total. The Hall–Kier alpha value is -3.28. The summed E-state index contributed by atoms with van der Waals surface area (Å²) >= 11 is 0. The zero-order chi connectivity index (χ0) is 19.1. The first kappa shape index (κ1) is 18.5. The van der Waals surface area contributed by atoms with E-state index in [1.165, 1.54) is 18.3 Å². The molecule has 1 aromatic heterocycles. The summed E-state index contributed by atoms with van der Waals surface area (Å²) in [5.41, 5.74) is 2.05. The topological polar surface area (TPSA) is 54.0 Å². The second-order valence-electron chi connectivity index (χ2n) is 5.97. The summed E-state index contributed by atoms with van der Waals surface area (Å²) in [6.45, 7) is 0.636. The van der Waals surface area contributed by atoms with Crippen LogP contribution >= 0.6 is 0 Å². The van der Waals surface area contributed by atoms with Crippen LogP contribution in [0.5, 0.6) is 0 Å². The summed E-state index contributed by atoms with van der Waals surface area (Å²) < 4.78 is 27.1. The lowest BCUT2D eigenvalue weighted by Gasteiger charge is -2.08. The van der Waals surface area contributed by atoms with Gasteiger partial charge in [-0.3, -0.25) is 4.79 Å². The second-order valence-corrected chi connectivity index (χ2v) is 5.97. The molecular formula is C21H19F2N3O. The van der Waals surface area contributed by atoms with Crippen molar-refractivity contribution in [2.75, 3.05) is 11.9 Å². The van der Waals surface area contributed by atoms with Crippen molar-refractivity contribution < 1.29 is 13.6 Å². The van der Waals surface area contributed by atoms with Gasteiger partial charge in [-0.05, 0) is 36.2 Å². The molecule has 0 saturated carbocycles. The Balaban J connectivity index is 1.50. The van der Waals surface area contributed by atoms with E-state index < -0.39 is 0 Å². The summed E-state index contributed by atoms with van der Waals surface area (Å²) in [5, 5.41) is 5.78. The lowest BCUT2D eigenvalue weighted by Crippen LogP contribution is -2.26. The summed E-state index contributed by atoms with van der Waals surface area (Å²) in [7, 11) is 0. The number of halogens is 2. The SMILES string of the molecule is O=C(NCCc1ccccc1F)c1ccc(NCc2ccccc2F)cn1. The Labute approximate surface area is 156 Å². The van der Waals surface area contributed by atoms with Gasteiger partial charge >= 0.3 is 0 Å². The highest BCUT2D eigenvalue weighted by Gasteiger charge is 2.08. The molecule has 138 valence electrons. The summed E-state index contributed by atoms with van der Waals surface area (Å²) in [4.78, 5) is 16.2. The summed E-state index contributed by atoms with van der Waals surface area (Å²) in [6, 6.07) is 16.3. The molecule has 1 heterocycles. The van der Waals surface area contributed by atoms with Crippen molar-refractivity contribution in [2.24, 2.45) is 0 Å². The number of anilines is 1. The lowest BCUT2D eigenvalue weighted by molar-refractivity contribution is 0.0949. The van der Waals surface area contributed by atoms with Gasteiger partial charge in [0, 0.05) is 18.7 Å². The van der Waals surface area contributed by atoms with Gasteiger partial charge in [-0.1, -0.05) is 36.4 Å². The van der Waals surface area contributed by atoms with Crippen LogP contribution in [0.25, 0.3) is 0 Å². The van der Waals surface area contributed by atoms with E-state index in [1.807, 2.05) is 0 Å². The van der Waals surface area contributed by atoms with Crippen molar-refractivity contribution in [1.29, 1.82) is 0 Å². The largest absolute Gasteiger partial charge is 0.380 e. The molecule has 2 aromatic carbocycles. The van der Waals surface area contributed by atoms with Gasteiger partial charge in [-0.25, -0.2) is 13.8 Å². The minimum Gasteiger partial charge on any atom is -0.380 e. The van der Waals surface area contributed by atoms with Crippen LogP contribution in [0.2, 0.25) is 0 Å². The number of hydrogen-bond acceptors (Lipinski definition) is 3. The molecule has 1 amide bonds. The number of pyridine rings is 1. The van der Waals surface area contributed by atoms with E-state index in [9.17, 15) is 13.6 Å². The number of nitrogens with one attached hydrogen (secondary N) is 2. The van der Waals surface area contributed by atoms with E-state index in [0.717, 1.165) is 0 Å². The smallest absolute Gasteiger partial charge is 0.269 e. The highest BCUT2D eigenvalue weighted by atomic mass is 19.1. The second kappa shape index (κ2) is 8.89. The molecule has 0 aliphatic heterocycles. The Kier molecular flexibility index (Phi) is 6.10. The molecule has 0 saturated heterocycles. The standard InChI is InChI=1S/C21H19F2N3O/c22-18-7-3-1-5-15(18)11-12-24-21(27)20-10-9-17(14-26-20)25-13-16-6-2-4-8-19(16)23/h1-10,14,25H,11-13H2,(H,24,27). The molecule has 0 aliphatic rings. The van der Waals surface area contributed by atoms with Crippen LogP contribution in [0.15, 0.2) is 66.9 Å². The number of benzene rings is 2. The number of carbonyl (C=O) groups excluding carboxylic acids is 1. The van der Waals surface area contributed by atoms with E-state index in [2.05, 4.69) is 15.6 Å². The minimum atomic E-state index is -0.327. The average Bonchev–Trinajstić information content (AvgIpc) is 2.69. The fraction of sp³-hybridized carbons (Fsp3) is 0.143. The molecule has 0 spiro atoms. The molecule has 0 unspecified atom stereocenters. The molecule has 3 rings (SSSR count). The zero-order valence-corrected chi connectivity index (χ0v) is 14.6. The van der Waals surface area contributed by atoms with Crippen LogP contribution in [0.3, 0.4) is 0 Å². The first-order valence-electron chi connectivity index (χ1n) is 8.58. The van der Waals surface area contributed by atoms with E-state index in [1.54, 1.807) is 48.5 Å². The molecule has 6 heteroatoms. The third-order valence-corrected chi connectivity index (χ3v) is 4.07. The lowest BCUT2D eigenvalue weighted by atomic mass is 10.1. The third-order valence-electron chi connectivity index (χ3n) is 4.07. The number of carbonyl (C=O) groups is 1. The van der Waals surface area contributed by atoms with Gasteiger partial charge < -0.3 is 10.6 Å². The van der Waals surface area contributed by atoms with Crippen molar-refractivity contribution >= 4 is 11.6 Å². The highest BCUT2D eigenvalue weighted by Crippen LogP contribution is 2.11. The van der Waals surface area contributed by atoms with Crippen LogP contribution < -0.4 is 10.6 Å². The molecule has 0 fully saturated rings. The van der Waals surface area contributed by atoms with Gasteiger partial charge in [-0.2, -0.15) is 0 Å². The average molecular weight is 367 g/mol. The van der Waals surface area contributed by atoms with E-state index in [0.29, 0.717) is 36.3 Å². The predicted molar refractivity (Wildman–Crippen MR) is 100 cm³/mol. The molecule has 3 aromatic rings. The van der Waals surface area contributed by atoms with Crippen molar-refractivity contribution in [3.8, 4) is 0 Å². The number of amides is 1. The van der Waals surface area contributed by atoms with Gasteiger partial charge in [0.05, 0.1) is 11.9 Å². The van der Waals surface area contributed by atoms with Crippen molar-refractivity contribution in [3.05, 3.63) is 95.3 Å².